The molecule has 1 aliphatic heterocycles. The highest BCUT2D eigenvalue weighted by atomic mass is 16.5. The predicted octanol–water partition coefficient (Wildman–Crippen LogP) is 3.81. The van der Waals surface area contributed by atoms with Crippen molar-refractivity contribution in [2.75, 3.05) is 27.4 Å². The number of aromatic nitrogens is 2. The third kappa shape index (κ3) is 4.07. The van der Waals surface area contributed by atoms with E-state index in [1.807, 2.05) is 36.0 Å². The Hall–Kier alpha value is -2.99. The van der Waals surface area contributed by atoms with Crippen LogP contribution < -0.4 is 14.2 Å². The van der Waals surface area contributed by atoms with Gasteiger partial charge < -0.3 is 14.2 Å². The summed E-state index contributed by atoms with van der Waals surface area (Å²) in [6.07, 6.45) is 2.09. The lowest BCUT2D eigenvalue weighted by molar-refractivity contribution is 0.216. The zero-order valence-electron chi connectivity index (χ0n) is 17.4. The number of methoxy groups -OCH3 is 2. The highest BCUT2D eigenvalue weighted by Gasteiger charge is 2.21. The highest BCUT2D eigenvalue weighted by molar-refractivity contribution is 5.70. The molecule has 1 aliphatic rings. The van der Waals surface area contributed by atoms with Gasteiger partial charge in [-0.05, 0) is 42.3 Å². The first-order valence-electron chi connectivity index (χ1n) is 9.77. The van der Waals surface area contributed by atoms with Crippen LogP contribution in [0.2, 0.25) is 0 Å². The van der Waals surface area contributed by atoms with Crippen LogP contribution in [0.1, 0.15) is 16.8 Å². The maximum atomic E-state index is 6.10. The van der Waals surface area contributed by atoms with Gasteiger partial charge in [-0.25, -0.2) is 0 Å². The van der Waals surface area contributed by atoms with Gasteiger partial charge in [-0.1, -0.05) is 12.1 Å². The van der Waals surface area contributed by atoms with E-state index in [0.29, 0.717) is 6.61 Å². The molecule has 0 N–H and O–H groups in total. The summed E-state index contributed by atoms with van der Waals surface area (Å²) in [6, 6.07) is 12.3. The van der Waals surface area contributed by atoms with Crippen LogP contribution >= 0.6 is 0 Å². The molecule has 0 saturated carbocycles. The predicted molar refractivity (Wildman–Crippen MR) is 113 cm³/mol. The van der Waals surface area contributed by atoms with Crippen molar-refractivity contribution in [3.05, 3.63) is 59.4 Å². The minimum absolute atomic E-state index is 0.626. The Bertz CT molecular complexity index is 1010. The SMILES string of the molecule is COc1cccc(-c2cc3c(c(OC)c2)OCCN(Cc2cn(C)nc2C)C3)c1. The molecule has 4 rings (SSSR count). The van der Waals surface area contributed by atoms with Crippen molar-refractivity contribution < 1.29 is 14.2 Å². The van der Waals surface area contributed by atoms with Crippen LogP contribution in [0.25, 0.3) is 11.1 Å². The fourth-order valence-corrected chi connectivity index (χ4v) is 3.84. The molecular weight excluding hydrogens is 366 g/mol. The summed E-state index contributed by atoms with van der Waals surface area (Å²) in [6.45, 7) is 5.16. The van der Waals surface area contributed by atoms with E-state index in [-0.39, 0.29) is 0 Å². The molecule has 2 heterocycles. The lowest BCUT2D eigenvalue weighted by Gasteiger charge is -2.19. The number of rotatable bonds is 5. The van der Waals surface area contributed by atoms with E-state index >= 15 is 0 Å². The van der Waals surface area contributed by atoms with Crippen LogP contribution in [0.4, 0.5) is 0 Å². The van der Waals surface area contributed by atoms with E-state index in [1.165, 1.54) is 5.56 Å². The first-order valence-corrected chi connectivity index (χ1v) is 9.77. The summed E-state index contributed by atoms with van der Waals surface area (Å²) in [5.41, 5.74) is 5.61. The first kappa shape index (κ1) is 19.3. The van der Waals surface area contributed by atoms with E-state index in [0.717, 1.165) is 59.3 Å². The van der Waals surface area contributed by atoms with Gasteiger partial charge in [0.2, 0.25) is 0 Å². The zero-order valence-corrected chi connectivity index (χ0v) is 17.4. The summed E-state index contributed by atoms with van der Waals surface area (Å²) in [4.78, 5) is 2.39. The quantitative estimate of drug-likeness (QED) is 0.660. The minimum atomic E-state index is 0.626. The second kappa shape index (κ2) is 8.17. The van der Waals surface area contributed by atoms with E-state index in [2.05, 4.69) is 35.3 Å². The molecule has 152 valence electrons. The van der Waals surface area contributed by atoms with Crippen LogP contribution in [0.15, 0.2) is 42.6 Å². The molecule has 0 unspecified atom stereocenters. The molecular formula is C23H27N3O3. The Balaban J connectivity index is 1.68. The van der Waals surface area contributed by atoms with Crippen LogP contribution in [0, 0.1) is 6.92 Å². The summed E-state index contributed by atoms with van der Waals surface area (Å²) in [5, 5.41) is 4.47. The molecule has 0 bridgehead atoms. The van der Waals surface area contributed by atoms with Crippen LogP contribution in [-0.4, -0.2) is 42.1 Å². The third-order valence-corrected chi connectivity index (χ3v) is 5.31. The second-order valence-electron chi connectivity index (χ2n) is 7.37. The van der Waals surface area contributed by atoms with Gasteiger partial charge in [0.1, 0.15) is 12.4 Å². The number of nitrogens with zero attached hydrogens (tertiary/aromatic N) is 3. The van der Waals surface area contributed by atoms with E-state index in [4.69, 9.17) is 14.2 Å². The van der Waals surface area contributed by atoms with Crippen molar-refractivity contribution in [1.82, 2.24) is 14.7 Å². The van der Waals surface area contributed by atoms with Crippen LogP contribution in [0.5, 0.6) is 17.2 Å². The maximum Gasteiger partial charge on any atom is 0.165 e. The van der Waals surface area contributed by atoms with E-state index in [1.54, 1.807) is 14.2 Å². The van der Waals surface area contributed by atoms with Gasteiger partial charge in [0.05, 0.1) is 19.9 Å². The van der Waals surface area contributed by atoms with Crippen molar-refractivity contribution in [2.45, 2.75) is 20.0 Å². The minimum Gasteiger partial charge on any atom is -0.497 e. The smallest absolute Gasteiger partial charge is 0.165 e. The number of fused-ring (bicyclic) bond motifs is 1. The number of benzene rings is 2. The molecule has 1 aromatic heterocycles. The highest BCUT2D eigenvalue weighted by Crippen LogP contribution is 2.39. The van der Waals surface area contributed by atoms with Crippen LogP contribution in [-0.2, 0) is 20.1 Å². The Morgan fingerprint density at radius 2 is 1.97 bits per heavy atom. The van der Waals surface area contributed by atoms with Crippen molar-refractivity contribution in [3.8, 4) is 28.4 Å². The molecule has 0 aliphatic carbocycles. The monoisotopic (exact) mass is 393 g/mol. The van der Waals surface area contributed by atoms with Gasteiger partial charge >= 0.3 is 0 Å². The van der Waals surface area contributed by atoms with Crippen molar-refractivity contribution in [3.63, 3.8) is 0 Å². The summed E-state index contributed by atoms with van der Waals surface area (Å²) >= 11 is 0. The molecule has 6 heteroatoms. The molecule has 2 aromatic carbocycles. The average molecular weight is 393 g/mol. The van der Waals surface area contributed by atoms with Gasteiger partial charge in [-0.15, -0.1) is 0 Å². The van der Waals surface area contributed by atoms with Gasteiger partial charge in [-0.3, -0.25) is 9.58 Å². The van der Waals surface area contributed by atoms with Gasteiger partial charge in [0.25, 0.3) is 0 Å². The topological polar surface area (TPSA) is 48.8 Å². The first-order chi connectivity index (χ1) is 14.1. The fraction of sp³-hybridized carbons (Fsp3) is 0.348. The van der Waals surface area contributed by atoms with E-state index in [9.17, 15) is 0 Å². The maximum absolute atomic E-state index is 6.10. The normalized spacial score (nSPS) is 14.1. The Morgan fingerprint density at radius 1 is 1.10 bits per heavy atom. The molecule has 0 atom stereocenters. The summed E-state index contributed by atoms with van der Waals surface area (Å²) < 4.78 is 19.0. The molecule has 0 spiro atoms. The second-order valence-corrected chi connectivity index (χ2v) is 7.37. The summed E-state index contributed by atoms with van der Waals surface area (Å²) in [5.74, 6) is 2.44. The van der Waals surface area contributed by atoms with Gasteiger partial charge in [0, 0.05) is 44.0 Å². The lowest BCUT2D eigenvalue weighted by atomic mass is 10.0. The van der Waals surface area contributed by atoms with E-state index < -0.39 is 0 Å². The molecule has 0 saturated heterocycles. The number of aryl methyl sites for hydroxylation is 2. The fourth-order valence-electron chi connectivity index (χ4n) is 3.84. The van der Waals surface area contributed by atoms with Crippen molar-refractivity contribution in [2.24, 2.45) is 7.05 Å². The Labute approximate surface area is 171 Å². The number of ether oxygens (including phenoxy) is 3. The van der Waals surface area contributed by atoms with Gasteiger partial charge in [0.15, 0.2) is 11.5 Å². The third-order valence-electron chi connectivity index (χ3n) is 5.31. The number of hydrogen-bond donors (Lipinski definition) is 0. The molecule has 6 nitrogen and oxygen atoms in total. The largest absolute Gasteiger partial charge is 0.497 e. The van der Waals surface area contributed by atoms with Crippen LogP contribution in [0.3, 0.4) is 0 Å². The standard InChI is InChI=1S/C23H27N3O3/c1-16-20(13-25(2)24-16)15-26-8-9-29-23-19(14-26)10-18(12-22(23)28-4)17-6-5-7-21(11-17)27-3/h5-7,10-13H,8-9,14-15H2,1-4H3. The molecule has 0 fully saturated rings. The molecule has 29 heavy (non-hydrogen) atoms. The van der Waals surface area contributed by atoms with Crippen molar-refractivity contribution in [1.29, 1.82) is 0 Å². The molecule has 0 radical (unpaired) electrons. The number of hydrogen-bond acceptors (Lipinski definition) is 5. The summed E-state index contributed by atoms with van der Waals surface area (Å²) in [7, 11) is 5.33. The van der Waals surface area contributed by atoms with Crippen molar-refractivity contribution >= 4 is 0 Å². The Kier molecular flexibility index (Phi) is 5.45. The average Bonchev–Trinajstić information content (AvgIpc) is 2.91. The molecule has 0 amide bonds. The van der Waals surface area contributed by atoms with Gasteiger partial charge in [-0.2, -0.15) is 5.10 Å². The Morgan fingerprint density at radius 3 is 2.69 bits per heavy atom. The zero-order chi connectivity index (χ0) is 20.4. The molecule has 3 aromatic rings. The lowest BCUT2D eigenvalue weighted by Crippen LogP contribution is -2.25.